The molecule has 0 bridgehead atoms. The third-order valence-electron chi connectivity index (χ3n) is 3.60. The van der Waals surface area contributed by atoms with Gasteiger partial charge >= 0.3 is 11.9 Å². The van der Waals surface area contributed by atoms with E-state index >= 15 is 0 Å². The molecule has 0 aromatic heterocycles. The van der Waals surface area contributed by atoms with Crippen LogP contribution in [0.5, 0.6) is 5.75 Å². The summed E-state index contributed by atoms with van der Waals surface area (Å²) in [5, 5.41) is 10.6. The molecule has 0 spiro atoms. The molecule has 0 aliphatic carbocycles. The molecular weight excluding hydrogens is 338 g/mol. The third-order valence-corrected chi connectivity index (χ3v) is 3.60. The number of hydrogen-bond donors (Lipinski definition) is 0. The molecule has 2 rings (SSSR count). The van der Waals surface area contributed by atoms with Gasteiger partial charge in [0.05, 0.1) is 22.7 Å². The summed E-state index contributed by atoms with van der Waals surface area (Å²) < 4.78 is 10.3. The minimum absolute atomic E-state index is 0.108. The van der Waals surface area contributed by atoms with Gasteiger partial charge in [0.25, 0.3) is 5.69 Å². The van der Waals surface area contributed by atoms with E-state index in [0.717, 1.165) is 19.3 Å². The van der Waals surface area contributed by atoms with E-state index < -0.39 is 16.9 Å². The highest BCUT2D eigenvalue weighted by atomic mass is 16.6. The molecule has 0 heterocycles. The van der Waals surface area contributed by atoms with E-state index in [1.807, 2.05) is 0 Å². The molecule has 0 saturated heterocycles. The maximum Gasteiger partial charge on any atom is 0.343 e. The quantitative estimate of drug-likeness (QED) is 0.231. The molecule has 2 aromatic rings. The summed E-state index contributed by atoms with van der Waals surface area (Å²) in [6, 6.07) is 11.1. The SMILES string of the molecule is CCCCCOC(=O)c1ccc(OC(=O)c2ccc([N+](=O)[O-])cc2)cc1. The summed E-state index contributed by atoms with van der Waals surface area (Å²) in [6.07, 6.45) is 2.88. The maximum absolute atomic E-state index is 12.0. The van der Waals surface area contributed by atoms with Crippen molar-refractivity contribution in [1.82, 2.24) is 0 Å². The number of ether oxygens (including phenoxy) is 2. The van der Waals surface area contributed by atoms with Gasteiger partial charge in [0.1, 0.15) is 5.75 Å². The Morgan fingerprint density at radius 3 is 2.08 bits per heavy atom. The number of nitro groups is 1. The van der Waals surface area contributed by atoms with E-state index in [1.54, 1.807) is 0 Å². The van der Waals surface area contributed by atoms with Crippen LogP contribution in [0.15, 0.2) is 48.5 Å². The Kier molecular flexibility index (Phi) is 6.84. The molecule has 0 amide bonds. The first-order valence-corrected chi connectivity index (χ1v) is 8.25. The molecular formula is C19H19NO6. The lowest BCUT2D eigenvalue weighted by Gasteiger charge is -2.06. The van der Waals surface area contributed by atoms with Crippen molar-refractivity contribution in [3.63, 3.8) is 0 Å². The van der Waals surface area contributed by atoms with Crippen LogP contribution in [0.1, 0.15) is 46.9 Å². The second-order valence-corrected chi connectivity index (χ2v) is 5.56. The number of unbranched alkanes of at least 4 members (excludes halogenated alkanes) is 2. The topological polar surface area (TPSA) is 95.7 Å². The fraction of sp³-hybridized carbons (Fsp3) is 0.263. The molecule has 7 nitrogen and oxygen atoms in total. The van der Waals surface area contributed by atoms with Gasteiger partial charge < -0.3 is 9.47 Å². The Morgan fingerprint density at radius 2 is 1.50 bits per heavy atom. The number of non-ortho nitro benzene ring substituents is 1. The Hall–Kier alpha value is -3.22. The predicted octanol–water partition coefficient (Wildman–Crippen LogP) is 4.16. The third kappa shape index (κ3) is 5.41. The molecule has 7 heteroatoms. The average molecular weight is 357 g/mol. The van der Waals surface area contributed by atoms with Crippen molar-refractivity contribution in [2.75, 3.05) is 6.61 Å². The number of carbonyl (C=O) groups excluding carboxylic acids is 2. The number of rotatable bonds is 8. The minimum atomic E-state index is -0.644. The van der Waals surface area contributed by atoms with Crippen LogP contribution >= 0.6 is 0 Å². The number of esters is 2. The van der Waals surface area contributed by atoms with Gasteiger partial charge in [-0.15, -0.1) is 0 Å². The van der Waals surface area contributed by atoms with Gasteiger partial charge in [-0.05, 0) is 42.8 Å². The minimum Gasteiger partial charge on any atom is -0.462 e. The van der Waals surface area contributed by atoms with Crippen molar-refractivity contribution in [1.29, 1.82) is 0 Å². The first-order chi connectivity index (χ1) is 12.5. The highest BCUT2D eigenvalue weighted by Crippen LogP contribution is 2.17. The fourth-order valence-electron chi connectivity index (χ4n) is 2.14. The molecule has 0 unspecified atom stereocenters. The summed E-state index contributed by atoms with van der Waals surface area (Å²) in [7, 11) is 0. The van der Waals surface area contributed by atoms with Crippen LogP contribution in [0.3, 0.4) is 0 Å². The molecule has 0 atom stereocenters. The highest BCUT2D eigenvalue weighted by molar-refractivity contribution is 5.92. The van der Waals surface area contributed by atoms with Crippen molar-refractivity contribution in [3.05, 3.63) is 69.8 Å². The molecule has 0 aliphatic rings. The number of nitro benzene ring substituents is 1. The summed E-state index contributed by atoms with van der Waals surface area (Å²) in [4.78, 5) is 34.0. The molecule has 136 valence electrons. The Labute approximate surface area is 150 Å². The van der Waals surface area contributed by atoms with Gasteiger partial charge in [-0.3, -0.25) is 10.1 Å². The Balaban J connectivity index is 1.92. The standard InChI is InChI=1S/C19H19NO6/c1-2-3-4-13-25-18(21)14-7-11-17(12-8-14)26-19(22)15-5-9-16(10-6-15)20(23)24/h5-12H,2-4,13H2,1H3. The maximum atomic E-state index is 12.0. The van der Waals surface area contributed by atoms with E-state index in [4.69, 9.17) is 9.47 Å². The predicted molar refractivity (Wildman–Crippen MR) is 94.3 cm³/mol. The second kappa shape index (κ2) is 9.31. The molecule has 0 radical (unpaired) electrons. The molecule has 0 aliphatic heterocycles. The first-order valence-electron chi connectivity index (χ1n) is 8.25. The zero-order valence-electron chi connectivity index (χ0n) is 14.3. The van der Waals surface area contributed by atoms with Crippen molar-refractivity contribution < 1.29 is 24.0 Å². The zero-order valence-corrected chi connectivity index (χ0v) is 14.3. The summed E-state index contributed by atoms with van der Waals surface area (Å²) >= 11 is 0. The fourth-order valence-corrected chi connectivity index (χ4v) is 2.14. The lowest BCUT2D eigenvalue weighted by Crippen LogP contribution is -2.09. The van der Waals surface area contributed by atoms with Crippen LogP contribution in [-0.4, -0.2) is 23.5 Å². The van der Waals surface area contributed by atoms with E-state index in [0.29, 0.717) is 12.2 Å². The van der Waals surface area contributed by atoms with Crippen LogP contribution in [0, 0.1) is 10.1 Å². The molecule has 0 fully saturated rings. The van der Waals surface area contributed by atoms with E-state index in [1.165, 1.54) is 48.5 Å². The van der Waals surface area contributed by atoms with E-state index in [-0.39, 0.29) is 17.0 Å². The van der Waals surface area contributed by atoms with Gasteiger partial charge in [-0.2, -0.15) is 0 Å². The largest absolute Gasteiger partial charge is 0.462 e. The van der Waals surface area contributed by atoms with Gasteiger partial charge in [-0.1, -0.05) is 19.8 Å². The summed E-state index contributed by atoms with van der Waals surface area (Å²) in [5.41, 5.74) is 0.454. The van der Waals surface area contributed by atoms with Crippen molar-refractivity contribution in [2.24, 2.45) is 0 Å². The lowest BCUT2D eigenvalue weighted by atomic mass is 10.2. The van der Waals surface area contributed by atoms with Gasteiger partial charge in [-0.25, -0.2) is 9.59 Å². The normalized spacial score (nSPS) is 10.2. The van der Waals surface area contributed by atoms with E-state index in [9.17, 15) is 19.7 Å². The molecule has 0 saturated carbocycles. The Bertz CT molecular complexity index is 768. The van der Waals surface area contributed by atoms with Crippen molar-refractivity contribution in [3.8, 4) is 5.75 Å². The summed E-state index contributed by atoms with van der Waals surface area (Å²) in [6.45, 7) is 2.45. The van der Waals surface area contributed by atoms with Crippen LogP contribution in [-0.2, 0) is 4.74 Å². The van der Waals surface area contributed by atoms with Crippen LogP contribution in [0.2, 0.25) is 0 Å². The molecule has 0 N–H and O–H groups in total. The smallest absolute Gasteiger partial charge is 0.343 e. The Morgan fingerprint density at radius 1 is 0.923 bits per heavy atom. The first kappa shape index (κ1) is 19.1. The van der Waals surface area contributed by atoms with Gasteiger partial charge in [0.2, 0.25) is 0 Å². The van der Waals surface area contributed by atoms with Gasteiger partial charge in [0.15, 0.2) is 0 Å². The van der Waals surface area contributed by atoms with Gasteiger partial charge in [0, 0.05) is 12.1 Å². The number of benzene rings is 2. The number of hydrogen-bond acceptors (Lipinski definition) is 6. The number of carbonyl (C=O) groups is 2. The van der Waals surface area contributed by atoms with Crippen LogP contribution in [0.25, 0.3) is 0 Å². The highest BCUT2D eigenvalue weighted by Gasteiger charge is 2.12. The average Bonchev–Trinajstić information content (AvgIpc) is 2.65. The monoisotopic (exact) mass is 357 g/mol. The zero-order chi connectivity index (χ0) is 18.9. The van der Waals surface area contributed by atoms with Crippen LogP contribution < -0.4 is 4.74 Å². The molecule has 26 heavy (non-hydrogen) atoms. The summed E-state index contributed by atoms with van der Waals surface area (Å²) in [5.74, 6) is -0.806. The van der Waals surface area contributed by atoms with Crippen molar-refractivity contribution >= 4 is 17.6 Å². The van der Waals surface area contributed by atoms with Crippen LogP contribution in [0.4, 0.5) is 5.69 Å². The lowest BCUT2D eigenvalue weighted by molar-refractivity contribution is -0.384. The number of nitrogens with zero attached hydrogens (tertiary/aromatic N) is 1. The molecule has 2 aromatic carbocycles. The van der Waals surface area contributed by atoms with Crippen molar-refractivity contribution in [2.45, 2.75) is 26.2 Å². The van der Waals surface area contributed by atoms with E-state index in [2.05, 4.69) is 6.92 Å². The second-order valence-electron chi connectivity index (χ2n) is 5.56.